The molecule has 1 atom stereocenters. The van der Waals surface area contributed by atoms with Gasteiger partial charge in [0.25, 0.3) is 0 Å². The van der Waals surface area contributed by atoms with E-state index in [1.54, 1.807) is 6.08 Å². The smallest absolute Gasteiger partial charge is 0.141 e. The summed E-state index contributed by atoms with van der Waals surface area (Å²) in [6.45, 7) is 8.11. The van der Waals surface area contributed by atoms with Crippen LogP contribution in [-0.2, 0) is 0 Å². The molecule has 1 aliphatic carbocycles. The zero-order valence-electron chi connectivity index (χ0n) is 7.61. The quantitative estimate of drug-likeness (QED) is 0.502. The number of rotatable bonds is 0. The summed E-state index contributed by atoms with van der Waals surface area (Å²) in [7, 11) is 0. The van der Waals surface area contributed by atoms with E-state index in [0.717, 1.165) is 11.1 Å². The average molecular weight is 154 g/mol. The van der Waals surface area contributed by atoms with Crippen LogP contribution in [0.4, 0.5) is 4.39 Å². The highest BCUT2D eigenvalue weighted by molar-refractivity contribution is 5.39. The van der Waals surface area contributed by atoms with E-state index in [2.05, 4.69) is 0 Å². The van der Waals surface area contributed by atoms with Crippen LogP contribution in [0.5, 0.6) is 0 Å². The zero-order chi connectivity index (χ0) is 8.65. The standard InChI is InChI=1S/C10H15F/c1-7-5-6-8(11)9(7)10(2,3)4/h5-6,8H,1-4H3. The molecule has 0 fully saturated rings. The monoisotopic (exact) mass is 154 g/mol. The van der Waals surface area contributed by atoms with Gasteiger partial charge >= 0.3 is 0 Å². The van der Waals surface area contributed by atoms with Crippen molar-refractivity contribution in [1.29, 1.82) is 0 Å². The first-order valence-electron chi connectivity index (χ1n) is 3.96. The van der Waals surface area contributed by atoms with E-state index in [-0.39, 0.29) is 5.41 Å². The van der Waals surface area contributed by atoms with Gasteiger partial charge in [0.05, 0.1) is 0 Å². The molecule has 1 aliphatic rings. The fraction of sp³-hybridized carbons (Fsp3) is 0.600. The van der Waals surface area contributed by atoms with Crippen LogP contribution in [0.15, 0.2) is 23.3 Å². The Morgan fingerprint density at radius 2 is 1.91 bits per heavy atom. The molecule has 0 N–H and O–H groups in total. The minimum atomic E-state index is -0.852. The predicted octanol–water partition coefficient (Wildman–Crippen LogP) is 3.26. The van der Waals surface area contributed by atoms with Crippen molar-refractivity contribution >= 4 is 0 Å². The molecule has 0 aromatic heterocycles. The molecule has 11 heavy (non-hydrogen) atoms. The summed E-state index contributed by atoms with van der Waals surface area (Å²) in [5, 5.41) is 0. The largest absolute Gasteiger partial charge is 0.238 e. The Morgan fingerprint density at radius 1 is 1.36 bits per heavy atom. The SMILES string of the molecule is CC1=C(C(C)(C)C)C(F)C=C1. The summed E-state index contributed by atoms with van der Waals surface area (Å²) in [5.41, 5.74) is 1.98. The van der Waals surface area contributed by atoms with Gasteiger partial charge in [-0.2, -0.15) is 0 Å². The minimum Gasteiger partial charge on any atom is -0.238 e. The lowest BCUT2D eigenvalue weighted by Gasteiger charge is -2.23. The first-order valence-corrected chi connectivity index (χ1v) is 3.96. The molecule has 0 bridgehead atoms. The van der Waals surface area contributed by atoms with Crippen LogP contribution < -0.4 is 0 Å². The van der Waals surface area contributed by atoms with E-state index in [9.17, 15) is 4.39 Å². The van der Waals surface area contributed by atoms with Crippen molar-refractivity contribution in [3.8, 4) is 0 Å². The van der Waals surface area contributed by atoms with E-state index in [1.165, 1.54) is 0 Å². The number of hydrogen-bond acceptors (Lipinski definition) is 0. The van der Waals surface area contributed by atoms with E-state index < -0.39 is 6.17 Å². The highest BCUT2D eigenvalue weighted by Crippen LogP contribution is 2.36. The Balaban J connectivity index is 2.98. The molecule has 0 spiro atoms. The summed E-state index contributed by atoms with van der Waals surface area (Å²) in [5.74, 6) is 0. The highest BCUT2D eigenvalue weighted by atomic mass is 19.1. The van der Waals surface area contributed by atoms with E-state index in [4.69, 9.17) is 0 Å². The minimum absolute atomic E-state index is 0.0347. The predicted molar refractivity (Wildman–Crippen MR) is 46.2 cm³/mol. The second-order valence-corrected chi connectivity index (χ2v) is 4.11. The van der Waals surface area contributed by atoms with Gasteiger partial charge < -0.3 is 0 Å². The van der Waals surface area contributed by atoms with Crippen LogP contribution in [0, 0.1) is 5.41 Å². The van der Waals surface area contributed by atoms with Gasteiger partial charge in [-0.15, -0.1) is 0 Å². The van der Waals surface area contributed by atoms with Crippen molar-refractivity contribution in [2.75, 3.05) is 0 Å². The third-order valence-corrected chi connectivity index (χ3v) is 2.02. The lowest BCUT2D eigenvalue weighted by atomic mass is 9.83. The molecule has 0 saturated carbocycles. The van der Waals surface area contributed by atoms with Gasteiger partial charge in [-0.1, -0.05) is 26.8 Å². The number of allylic oxidation sites excluding steroid dienone is 4. The molecule has 1 heteroatoms. The van der Waals surface area contributed by atoms with E-state index in [1.807, 2.05) is 33.8 Å². The van der Waals surface area contributed by atoms with Gasteiger partial charge in [0.2, 0.25) is 0 Å². The van der Waals surface area contributed by atoms with Gasteiger partial charge in [-0.3, -0.25) is 0 Å². The van der Waals surface area contributed by atoms with Crippen LogP contribution in [0.25, 0.3) is 0 Å². The summed E-state index contributed by atoms with van der Waals surface area (Å²) in [4.78, 5) is 0. The van der Waals surface area contributed by atoms with Crippen LogP contribution in [-0.4, -0.2) is 6.17 Å². The Bertz CT molecular complexity index is 216. The lowest BCUT2D eigenvalue weighted by molar-refractivity contribution is 0.369. The third-order valence-electron chi connectivity index (χ3n) is 2.02. The fourth-order valence-electron chi connectivity index (χ4n) is 1.64. The number of alkyl halides is 1. The Hall–Kier alpha value is -0.590. The van der Waals surface area contributed by atoms with E-state index >= 15 is 0 Å². The van der Waals surface area contributed by atoms with Crippen molar-refractivity contribution in [2.24, 2.45) is 5.41 Å². The van der Waals surface area contributed by atoms with Crippen LogP contribution in [0.2, 0.25) is 0 Å². The van der Waals surface area contributed by atoms with Gasteiger partial charge in [0.15, 0.2) is 0 Å². The molecule has 0 aromatic rings. The molecule has 0 aromatic carbocycles. The maximum Gasteiger partial charge on any atom is 0.141 e. The Kier molecular flexibility index (Phi) is 1.91. The van der Waals surface area contributed by atoms with Gasteiger partial charge in [0.1, 0.15) is 6.17 Å². The second-order valence-electron chi connectivity index (χ2n) is 4.11. The summed E-state index contributed by atoms with van der Waals surface area (Å²) >= 11 is 0. The molecule has 0 saturated heterocycles. The topological polar surface area (TPSA) is 0 Å². The van der Waals surface area contributed by atoms with Gasteiger partial charge in [0, 0.05) is 0 Å². The number of hydrogen-bond donors (Lipinski definition) is 0. The Labute approximate surface area is 67.8 Å². The second kappa shape index (κ2) is 2.47. The molecule has 62 valence electrons. The third kappa shape index (κ3) is 1.52. The molecule has 0 heterocycles. The van der Waals surface area contributed by atoms with Crippen LogP contribution in [0.3, 0.4) is 0 Å². The maximum absolute atomic E-state index is 13.2. The molecule has 1 rings (SSSR count). The zero-order valence-corrected chi connectivity index (χ0v) is 7.61. The van der Waals surface area contributed by atoms with Crippen molar-refractivity contribution in [2.45, 2.75) is 33.9 Å². The Morgan fingerprint density at radius 3 is 2.09 bits per heavy atom. The van der Waals surface area contributed by atoms with Crippen molar-refractivity contribution in [3.63, 3.8) is 0 Å². The molecular weight excluding hydrogens is 139 g/mol. The average Bonchev–Trinajstić information content (AvgIpc) is 2.08. The first-order chi connectivity index (χ1) is 4.93. The summed E-state index contributed by atoms with van der Waals surface area (Å²) in [6.07, 6.45) is 2.64. The molecule has 0 amide bonds. The van der Waals surface area contributed by atoms with Gasteiger partial charge in [-0.05, 0) is 29.6 Å². The lowest BCUT2D eigenvalue weighted by Crippen LogP contribution is -2.16. The van der Waals surface area contributed by atoms with Crippen molar-refractivity contribution in [1.82, 2.24) is 0 Å². The highest BCUT2D eigenvalue weighted by Gasteiger charge is 2.27. The molecule has 0 aliphatic heterocycles. The van der Waals surface area contributed by atoms with Crippen molar-refractivity contribution in [3.05, 3.63) is 23.3 Å². The molecular formula is C10H15F. The van der Waals surface area contributed by atoms with Crippen LogP contribution in [0.1, 0.15) is 27.7 Å². The van der Waals surface area contributed by atoms with Crippen molar-refractivity contribution < 1.29 is 4.39 Å². The summed E-state index contributed by atoms with van der Waals surface area (Å²) < 4.78 is 13.2. The van der Waals surface area contributed by atoms with Gasteiger partial charge in [-0.25, -0.2) is 4.39 Å². The maximum atomic E-state index is 13.2. The molecule has 1 unspecified atom stereocenters. The first kappa shape index (κ1) is 8.51. The van der Waals surface area contributed by atoms with Crippen LogP contribution >= 0.6 is 0 Å². The fourth-order valence-corrected chi connectivity index (χ4v) is 1.64. The summed E-state index contributed by atoms with van der Waals surface area (Å²) in [6, 6.07) is 0. The van der Waals surface area contributed by atoms with E-state index in [0.29, 0.717) is 0 Å². The molecule has 0 radical (unpaired) electrons. The molecule has 0 nitrogen and oxygen atoms in total. The number of halogens is 1. The normalized spacial score (nSPS) is 25.0.